The number of aromatic amines is 1. The molecule has 2 aliphatic rings. The Bertz CT molecular complexity index is 811. The van der Waals surface area contributed by atoms with Crippen LogP contribution < -0.4 is 4.31 Å². The number of sulfonamides is 1. The normalized spacial score (nSPS) is 19.8. The van der Waals surface area contributed by atoms with Crippen molar-refractivity contribution in [3.63, 3.8) is 0 Å². The molecule has 0 bridgehead atoms. The Kier molecular flexibility index (Phi) is 3.03. The van der Waals surface area contributed by atoms with Crippen LogP contribution in [0.15, 0.2) is 35.7 Å². The molecule has 0 radical (unpaired) electrons. The van der Waals surface area contributed by atoms with Gasteiger partial charge < -0.3 is 4.98 Å². The summed E-state index contributed by atoms with van der Waals surface area (Å²) in [5.74, 6) is 0. The number of aromatic nitrogens is 2. The zero-order chi connectivity index (χ0) is 15.4. The van der Waals surface area contributed by atoms with Crippen LogP contribution >= 0.6 is 11.6 Å². The van der Waals surface area contributed by atoms with E-state index >= 15 is 0 Å². The largest absolute Gasteiger partial charge is 0.334 e. The maximum atomic E-state index is 12.9. The van der Waals surface area contributed by atoms with Crippen LogP contribution in [-0.4, -0.2) is 24.9 Å². The third-order valence-electron chi connectivity index (χ3n) is 4.86. The molecule has 22 heavy (non-hydrogen) atoms. The number of fused-ring (bicyclic) bond motifs is 2. The van der Waals surface area contributed by atoms with Crippen molar-refractivity contribution in [3.05, 3.63) is 41.3 Å². The fourth-order valence-electron chi connectivity index (χ4n) is 3.82. The highest BCUT2D eigenvalue weighted by Gasteiger charge is 2.49. The Labute approximate surface area is 134 Å². The lowest BCUT2D eigenvalue weighted by Gasteiger charge is -2.24. The van der Waals surface area contributed by atoms with Crippen LogP contribution in [-0.2, 0) is 15.4 Å². The molecule has 0 atom stereocenters. The summed E-state index contributed by atoms with van der Waals surface area (Å²) in [6.07, 6.45) is 6.99. The predicted molar refractivity (Wildman–Crippen MR) is 84.7 cm³/mol. The summed E-state index contributed by atoms with van der Waals surface area (Å²) < 4.78 is 27.4. The second-order valence-corrected chi connectivity index (χ2v) is 8.29. The quantitative estimate of drug-likeness (QED) is 0.915. The molecule has 1 aliphatic heterocycles. The minimum Gasteiger partial charge on any atom is -0.334 e. The van der Waals surface area contributed by atoms with Gasteiger partial charge in [0.15, 0.2) is 5.03 Å². The number of hydrogen-bond acceptors (Lipinski definition) is 3. The van der Waals surface area contributed by atoms with Gasteiger partial charge in [-0.3, -0.25) is 4.31 Å². The molecule has 1 fully saturated rings. The van der Waals surface area contributed by atoms with Gasteiger partial charge in [-0.15, -0.1) is 0 Å². The number of para-hydroxylation sites is 1. The molecule has 1 aromatic heterocycles. The van der Waals surface area contributed by atoms with Gasteiger partial charge in [-0.25, -0.2) is 4.98 Å². The first-order chi connectivity index (χ1) is 10.5. The van der Waals surface area contributed by atoms with Gasteiger partial charge in [0.25, 0.3) is 10.0 Å². The van der Waals surface area contributed by atoms with Crippen LogP contribution in [0.5, 0.6) is 0 Å². The average molecular weight is 338 g/mol. The van der Waals surface area contributed by atoms with Gasteiger partial charge in [-0.2, -0.15) is 8.42 Å². The number of nitrogens with zero attached hydrogens (tertiary/aromatic N) is 2. The number of benzene rings is 1. The monoisotopic (exact) mass is 337 g/mol. The molecule has 1 aliphatic carbocycles. The second kappa shape index (κ2) is 4.73. The number of rotatable bonds is 2. The van der Waals surface area contributed by atoms with E-state index in [0.717, 1.165) is 31.2 Å². The summed E-state index contributed by atoms with van der Waals surface area (Å²) in [6.45, 7) is 0.466. The smallest absolute Gasteiger partial charge is 0.281 e. The minimum atomic E-state index is -3.66. The van der Waals surface area contributed by atoms with Gasteiger partial charge in [-0.05, 0) is 24.5 Å². The molecule has 116 valence electrons. The third kappa shape index (κ3) is 1.83. The van der Waals surface area contributed by atoms with Crippen molar-refractivity contribution in [1.82, 2.24) is 9.97 Å². The first-order valence-electron chi connectivity index (χ1n) is 7.35. The van der Waals surface area contributed by atoms with E-state index in [4.69, 9.17) is 11.6 Å². The van der Waals surface area contributed by atoms with Crippen molar-refractivity contribution in [2.75, 3.05) is 10.8 Å². The summed E-state index contributed by atoms with van der Waals surface area (Å²) >= 11 is 6.36. The summed E-state index contributed by atoms with van der Waals surface area (Å²) in [6, 6.07) is 5.69. The number of anilines is 1. The SMILES string of the molecule is O=S(=O)(c1cnc[nH]1)N1CC2(CCCC2)c2cccc(Cl)c21. The summed E-state index contributed by atoms with van der Waals surface area (Å²) in [7, 11) is -3.66. The fraction of sp³-hybridized carbons (Fsp3) is 0.400. The molecule has 1 aromatic carbocycles. The van der Waals surface area contributed by atoms with Gasteiger partial charge in [0.05, 0.1) is 23.2 Å². The van der Waals surface area contributed by atoms with Crippen molar-refractivity contribution in [2.45, 2.75) is 36.1 Å². The summed E-state index contributed by atoms with van der Waals surface area (Å²) in [5, 5.41) is 0.595. The zero-order valence-electron chi connectivity index (χ0n) is 11.9. The van der Waals surface area contributed by atoms with Crippen LogP contribution in [0.25, 0.3) is 0 Å². The molecule has 0 unspecified atom stereocenters. The van der Waals surface area contributed by atoms with Crippen molar-refractivity contribution in [3.8, 4) is 0 Å². The second-order valence-electron chi connectivity index (χ2n) is 6.05. The Morgan fingerprint density at radius 1 is 1.27 bits per heavy atom. The van der Waals surface area contributed by atoms with E-state index in [1.165, 1.54) is 16.8 Å². The molecule has 4 rings (SSSR count). The fourth-order valence-corrected chi connectivity index (χ4v) is 5.64. The van der Waals surface area contributed by atoms with Crippen LogP contribution in [0.3, 0.4) is 0 Å². The lowest BCUT2D eigenvalue weighted by Crippen LogP contribution is -2.35. The van der Waals surface area contributed by atoms with E-state index in [9.17, 15) is 8.42 Å². The van der Waals surface area contributed by atoms with Crippen molar-refractivity contribution in [1.29, 1.82) is 0 Å². The highest BCUT2D eigenvalue weighted by molar-refractivity contribution is 7.92. The van der Waals surface area contributed by atoms with E-state index in [-0.39, 0.29) is 10.4 Å². The number of H-pyrrole nitrogens is 1. The molecule has 7 heteroatoms. The molecule has 1 N–H and O–H groups in total. The highest BCUT2D eigenvalue weighted by atomic mass is 35.5. The molecular weight excluding hydrogens is 322 g/mol. The number of imidazole rings is 1. The van der Waals surface area contributed by atoms with Crippen molar-refractivity contribution >= 4 is 27.3 Å². The van der Waals surface area contributed by atoms with Crippen LogP contribution in [0.1, 0.15) is 31.2 Å². The topological polar surface area (TPSA) is 66.1 Å². The predicted octanol–water partition coefficient (Wildman–Crippen LogP) is 3.08. The van der Waals surface area contributed by atoms with E-state index in [2.05, 4.69) is 9.97 Å². The summed E-state index contributed by atoms with van der Waals surface area (Å²) in [4.78, 5) is 6.53. The van der Waals surface area contributed by atoms with Gasteiger partial charge >= 0.3 is 0 Å². The maximum absolute atomic E-state index is 12.9. The molecule has 0 saturated heterocycles. The first-order valence-corrected chi connectivity index (χ1v) is 9.17. The average Bonchev–Trinajstić information content (AvgIpc) is 3.22. The lowest BCUT2D eigenvalue weighted by atomic mass is 9.81. The number of nitrogens with one attached hydrogen (secondary N) is 1. The third-order valence-corrected chi connectivity index (χ3v) is 6.83. The Morgan fingerprint density at radius 2 is 2.05 bits per heavy atom. The lowest BCUT2D eigenvalue weighted by molar-refractivity contribution is 0.476. The Balaban J connectivity index is 1.90. The van der Waals surface area contributed by atoms with Gasteiger partial charge in [0.2, 0.25) is 0 Å². The van der Waals surface area contributed by atoms with Crippen LogP contribution in [0.2, 0.25) is 5.02 Å². The van der Waals surface area contributed by atoms with Crippen LogP contribution in [0, 0.1) is 0 Å². The van der Waals surface area contributed by atoms with Gasteiger partial charge in [-0.1, -0.05) is 36.6 Å². The molecular formula is C15H16ClN3O2S. The van der Waals surface area contributed by atoms with E-state index < -0.39 is 10.0 Å². The molecule has 2 aromatic rings. The maximum Gasteiger partial charge on any atom is 0.281 e. The van der Waals surface area contributed by atoms with Crippen molar-refractivity contribution < 1.29 is 8.42 Å². The zero-order valence-corrected chi connectivity index (χ0v) is 13.5. The molecule has 1 spiro atoms. The summed E-state index contributed by atoms with van der Waals surface area (Å²) in [5.41, 5.74) is 1.62. The first kappa shape index (κ1) is 14.1. The van der Waals surface area contributed by atoms with Gasteiger partial charge in [0, 0.05) is 12.0 Å². The Morgan fingerprint density at radius 3 is 2.73 bits per heavy atom. The van der Waals surface area contributed by atoms with E-state index in [1.54, 1.807) is 6.07 Å². The molecule has 1 saturated carbocycles. The standard InChI is InChI=1S/C15H16ClN3O2S/c16-12-5-3-4-11-14(12)19(9-15(11)6-1-2-7-15)22(20,21)13-8-17-10-18-13/h3-5,8,10H,1-2,6-7,9H2,(H,17,18). The molecule has 0 amide bonds. The van der Waals surface area contributed by atoms with Gasteiger partial charge in [0.1, 0.15) is 0 Å². The molecule has 5 nitrogen and oxygen atoms in total. The van der Waals surface area contributed by atoms with E-state index in [0.29, 0.717) is 17.3 Å². The highest BCUT2D eigenvalue weighted by Crippen LogP contribution is 2.53. The van der Waals surface area contributed by atoms with Crippen molar-refractivity contribution in [2.24, 2.45) is 0 Å². The number of hydrogen-bond donors (Lipinski definition) is 1. The van der Waals surface area contributed by atoms with E-state index in [1.807, 2.05) is 12.1 Å². The minimum absolute atomic E-state index is 0.0900. The van der Waals surface area contributed by atoms with Crippen LogP contribution in [0.4, 0.5) is 5.69 Å². The Hall–Kier alpha value is -1.53. The number of halogens is 1. The molecule has 2 heterocycles.